The Balaban J connectivity index is 1.58. The molecule has 2 aromatic rings. The molecule has 1 aliphatic rings. The van der Waals surface area contributed by atoms with Crippen molar-refractivity contribution in [1.29, 1.82) is 0 Å². The maximum atomic E-state index is 11.7. The van der Waals surface area contributed by atoms with Crippen LogP contribution in [0.3, 0.4) is 0 Å². The monoisotopic (exact) mass is 396 g/mol. The average molecular weight is 396 g/mol. The number of hydrogen-bond donors (Lipinski definition) is 0. The molecule has 0 N–H and O–H groups in total. The van der Waals surface area contributed by atoms with Crippen LogP contribution in [0.4, 0.5) is 5.95 Å². The third-order valence-corrected chi connectivity index (χ3v) is 4.86. The van der Waals surface area contributed by atoms with Gasteiger partial charge in [0.05, 0.1) is 24.8 Å². The molecule has 1 saturated heterocycles. The Morgan fingerprint density at radius 3 is 2.45 bits per heavy atom. The van der Waals surface area contributed by atoms with Crippen molar-refractivity contribution in [3.63, 3.8) is 0 Å². The van der Waals surface area contributed by atoms with Crippen LogP contribution in [-0.2, 0) is 9.47 Å². The van der Waals surface area contributed by atoms with Crippen molar-refractivity contribution < 1.29 is 14.3 Å². The van der Waals surface area contributed by atoms with E-state index in [4.69, 9.17) is 9.47 Å². The first-order valence-corrected chi connectivity index (χ1v) is 9.91. The first-order valence-electron chi connectivity index (χ1n) is 9.91. The van der Waals surface area contributed by atoms with Gasteiger partial charge in [-0.1, -0.05) is 42.5 Å². The zero-order valence-corrected chi connectivity index (χ0v) is 17.0. The Morgan fingerprint density at radius 2 is 1.83 bits per heavy atom. The lowest BCUT2D eigenvalue weighted by Crippen LogP contribution is -2.51. The van der Waals surface area contributed by atoms with Crippen LogP contribution in [0.15, 0.2) is 48.8 Å². The molecule has 154 valence electrons. The highest BCUT2D eigenvalue weighted by Crippen LogP contribution is 2.15. The van der Waals surface area contributed by atoms with Gasteiger partial charge in [0.1, 0.15) is 0 Å². The van der Waals surface area contributed by atoms with Crippen molar-refractivity contribution in [2.75, 3.05) is 51.4 Å². The molecule has 0 spiro atoms. The molecule has 1 fully saturated rings. The molecule has 7 heteroatoms. The van der Waals surface area contributed by atoms with E-state index < -0.39 is 5.97 Å². The van der Waals surface area contributed by atoms with E-state index in [-0.39, 0.29) is 6.04 Å². The molecule has 1 unspecified atom stereocenters. The van der Waals surface area contributed by atoms with E-state index in [1.807, 2.05) is 18.2 Å². The summed E-state index contributed by atoms with van der Waals surface area (Å²) in [6, 6.07) is 10.5. The summed E-state index contributed by atoms with van der Waals surface area (Å²) in [5, 5.41) is 0. The lowest BCUT2D eigenvalue weighted by atomic mass is 10.1. The molecule has 0 bridgehead atoms. The highest BCUT2D eigenvalue weighted by molar-refractivity contribution is 5.88. The fourth-order valence-corrected chi connectivity index (χ4v) is 3.30. The van der Waals surface area contributed by atoms with Gasteiger partial charge in [-0.25, -0.2) is 14.8 Å². The topological polar surface area (TPSA) is 67.8 Å². The summed E-state index contributed by atoms with van der Waals surface area (Å²) in [5.41, 5.74) is 1.56. The zero-order chi connectivity index (χ0) is 20.5. The first-order chi connectivity index (χ1) is 14.2. The molecule has 0 aliphatic carbocycles. The number of carbonyl (C=O) groups excluding carboxylic acids is 1. The van der Waals surface area contributed by atoms with E-state index in [1.165, 1.54) is 18.0 Å². The molecule has 0 saturated carbocycles. The molecule has 0 radical (unpaired) electrons. The number of esters is 1. The van der Waals surface area contributed by atoms with Crippen molar-refractivity contribution in [3.8, 4) is 0 Å². The highest BCUT2D eigenvalue weighted by Gasteiger charge is 2.23. The van der Waals surface area contributed by atoms with Gasteiger partial charge in [0, 0.05) is 45.7 Å². The Bertz CT molecular complexity index is 787. The van der Waals surface area contributed by atoms with Gasteiger partial charge in [0.15, 0.2) is 0 Å². The summed E-state index contributed by atoms with van der Waals surface area (Å²) in [5.74, 6) is 0.247. The second kappa shape index (κ2) is 10.7. The molecule has 29 heavy (non-hydrogen) atoms. The number of hydrogen-bond acceptors (Lipinski definition) is 7. The van der Waals surface area contributed by atoms with Crippen LogP contribution in [0, 0.1) is 0 Å². The van der Waals surface area contributed by atoms with Crippen LogP contribution in [0.5, 0.6) is 0 Å². The molecular weight excluding hydrogens is 368 g/mol. The van der Waals surface area contributed by atoms with Gasteiger partial charge in [-0.2, -0.15) is 0 Å². The predicted octanol–water partition coefficient (Wildman–Crippen LogP) is 2.50. The minimum absolute atomic E-state index is 0.217. The standard InChI is InChI=1S/C22H28N4O3/c1-3-29-21(27)19-15-23-22(24-16-19)26-13-11-25(12-14-26)20(17-28-2)10-9-18-7-5-4-6-8-18/h4-10,15-16,20H,3,11-14,17H2,1-2H3. The van der Waals surface area contributed by atoms with E-state index in [0.717, 1.165) is 26.2 Å². The van der Waals surface area contributed by atoms with E-state index in [0.29, 0.717) is 24.7 Å². The molecular formula is C22H28N4O3. The fraction of sp³-hybridized carbons (Fsp3) is 0.409. The van der Waals surface area contributed by atoms with E-state index in [9.17, 15) is 4.79 Å². The normalized spacial score (nSPS) is 16.1. The minimum atomic E-state index is -0.392. The van der Waals surface area contributed by atoms with Crippen molar-refractivity contribution >= 4 is 18.0 Å². The number of carbonyl (C=O) groups is 1. The third-order valence-electron chi connectivity index (χ3n) is 4.86. The first kappa shape index (κ1) is 21.0. The maximum absolute atomic E-state index is 11.7. The number of nitrogens with zero attached hydrogens (tertiary/aromatic N) is 4. The predicted molar refractivity (Wildman–Crippen MR) is 113 cm³/mol. The maximum Gasteiger partial charge on any atom is 0.341 e. The molecule has 7 nitrogen and oxygen atoms in total. The van der Waals surface area contributed by atoms with Gasteiger partial charge in [-0.05, 0) is 12.5 Å². The van der Waals surface area contributed by atoms with Crippen molar-refractivity contribution in [1.82, 2.24) is 14.9 Å². The molecule has 2 heterocycles. The Hall–Kier alpha value is -2.77. The van der Waals surface area contributed by atoms with Gasteiger partial charge in [-0.3, -0.25) is 4.90 Å². The number of ether oxygens (including phenoxy) is 2. The number of piperazine rings is 1. The Morgan fingerprint density at radius 1 is 1.14 bits per heavy atom. The summed E-state index contributed by atoms with van der Waals surface area (Å²) in [6.45, 7) is 6.17. The lowest BCUT2D eigenvalue weighted by Gasteiger charge is -2.38. The van der Waals surface area contributed by atoms with Crippen LogP contribution in [0.25, 0.3) is 6.08 Å². The van der Waals surface area contributed by atoms with E-state index in [1.54, 1.807) is 14.0 Å². The number of benzene rings is 1. The molecule has 0 amide bonds. The second-order valence-electron chi connectivity index (χ2n) is 6.81. The van der Waals surface area contributed by atoms with Crippen LogP contribution < -0.4 is 4.90 Å². The number of anilines is 1. The van der Waals surface area contributed by atoms with Gasteiger partial charge in [-0.15, -0.1) is 0 Å². The number of methoxy groups -OCH3 is 1. The molecule has 1 atom stereocenters. The summed E-state index contributed by atoms with van der Waals surface area (Å²) in [4.78, 5) is 25.0. The smallest absolute Gasteiger partial charge is 0.341 e. The molecule has 3 rings (SSSR count). The van der Waals surface area contributed by atoms with Gasteiger partial charge in [0.2, 0.25) is 5.95 Å². The van der Waals surface area contributed by atoms with Crippen molar-refractivity contribution in [2.45, 2.75) is 13.0 Å². The zero-order valence-electron chi connectivity index (χ0n) is 17.0. The van der Waals surface area contributed by atoms with Crippen LogP contribution in [-0.4, -0.2) is 73.4 Å². The van der Waals surface area contributed by atoms with E-state index in [2.05, 4.69) is 44.1 Å². The summed E-state index contributed by atoms with van der Waals surface area (Å²) >= 11 is 0. The van der Waals surface area contributed by atoms with Crippen molar-refractivity contribution in [3.05, 3.63) is 59.9 Å². The third kappa shape index (κ3) is 5.85. The minimum Gasteiger partial charge on any atom is -0.462 e. The fourth-order valence-electron chi connectivity index (χ4n) is 3.30. The van der Waals surface area contributed by atoms with Crippen LogP contribution in [0.2, 0.25) is 0 Å². The van der Waals surface area contributed by atoms with Crippen LogP contribution >= 0.6 is 0 Å². The highest BCUT2D eigenvalue weighted by atomic mass is 16.5. The largest absolute Gasteiger partial charge is 0.462 e. The molecule has 1 aromatic heterocycles. The SMILES string of the molecule is CCOC(=O)c1cnc(N2CCN(C(C=Cc3ccccc3)COC)CC2)nc1. The number of aromatic nitrogens is 2. The number of rotatable bonds is 8. The van der Waals surface area contributed by atoms with Crippen molar-refractivity contribution in [2.24, 2.45) is 0 Å². The van der Waals surface area contributed by atoms with Gasteiger partial charge >= 0.3 is 5.97 Å². The summed E-state index contributed by atoms with van der Waals surface area (Å²) < 4.78 is 10.4. The summed E-state index contributed by atoms with van der Waals surface area (Å²) in [6.07, 6.45) is 7.42. The summed E-state index contributed by atoms with van der Waals surface area (Å²) in [7, 11) is 1.73. The Kier molecular flexibility index (Phi) is 7.72. The van der Waals surface area contributed by atoms with Gasteiger partial charge < -0.3 is 14.4 Å². The average Bonchev–Trinajstić information content (AvgIpc) is 2.78. The lowest BCUT2D eigenvalue weighted by molar-refractivity contribution is 0.0525. The quantitative estimate of drug-likeness (QED) is 0.635. The molecule has 1 aliphatic heterocycles. The van der Waals surface area contributed by atoms with Gasteiger partial charge in [0.25, 0.3) is 0 Å². The van der Waals surface area contributed by atoms with Crippen LogP contribution in [0.1, 0.15) is 22.8 Å². The van der Waals surface area contributed by atoms with E-state index >= 15 is 0 Å². The molecule has 1 aromatic carbocycles. The Labute approximate surface area is 172 Å². The second-order valence-corrected chi connectivity index (χ2v) is 6.81.